The third kappa shape index (κ3) is 5.59. The summed E-state index contributed by atoms with van der Waals surface area (Å²) in [7, 11) is 0. The highest BCUT2D eigenvalue weighted by atomic mass is 35.5. The topological polar surface area (TPSA) is 59.3 Å². The van der Waals surface area contributed by atoms with Crippen LogP contribution >= 0.6 is 11.6 Å². The molecule has 0 saturated carbocycles. The number of halogens is 1. The number of hydrogen-bond acceptors (Lipinski definition) is 4. The van der Waals surface area contributed by atoms with Crippen LogP contribution < -0.4 is 10.1 Å². The molecule has 1 aromatic heterocycles. The van der Waals surface area contributed by atoms with Crippen molar-refractivity contribution >= 4 is 17.3 Å². The van der Waals surface area contributed by atoms with Crippen molar-refractivity contribution in [3.05, 3.63) is 53.6 Å². The SMILES string of the molecule is C=C(c1cc(Cl)cc(C)c1OCC(O)CNC(C)(C)C)n1ccnc1. The summed E-state index contributed by atoms with van der Waals surface area (Å²) in [5.74, 6) is 0.665. The van der Waals surface area contributed by atoms with Gasteiger partial charge in [-0.3, -0.25) is 0 Å². The predicted octanol–water partition coefficient (Wildman–Crippen LogP) is 3.49. The molecular weight excluding hydrogens is 338 g/mol. The van der Waals surface area contributed by atoms with Crippen molar-refractivity contribution in [3.8, 4) is 5.75 Å². The van der Waals surface area contributed by atoms with Gasteiger partial charge in [-0.15, -0.1) is 0 Å². The number of β-amino-alcohol motifs (C(OH)–C–C–N with tert-alkyl or cyclic N) is 1. The van der Waals surface area contributed by atoms with E-state index in [0.717, 1.165) is 11.1 Å². The molecule has 6 heteroatoms. The Morgan fingerprint density at radius 3 is 2.76 bits per heavy atom. The second-order valence-corrected chi connectivity index (χ2v) is 7.55. The average Bonchev–Trinajstić information content (AvgIpc) is 3.04. The largest absolute Gasteiger partial charge is 0.490 e. The lowest BCUT2D eigenvalue weighted by Crippen LogP contribution is -2.42. The number of imidazole rings is 1. The molecule has 0 bridgehead atoms. The van der Waals surface area contributed by atoms with Gasteiger partial charge < -0.3 is 19.7 Å². The number of rotatable bonds is 7. The molecule has 0 saturated heterocycles. The Morgan fingerprint density at radius 1 is 1.44 bits per heavy atom. The molecule has 0 radical (unpaired) electrons. The third-order valence-corrected chi connectivity index (χ3v) is 3.87. The number of aliphatic hydroxyl groups excluding tert-OH is 1. The van der Waals surface area contributed by atoms with E-state index in [-0.39, 0.29) is 12.1 Å². The Morgan fingerprint density at radius 2 is 2.16 bits per heavy atom. The summed E-state index contributed by atoms with van der Waals surface area (Å²) in [6.07, 6.45) is 4.54. The van der Waals surface area contributed by atoms with E-state index in [1.165, 1.54) is 0 Å². The van der Waals surface area contributed by atoms with Gasteiger partial charge in [-0.05, 0) is 45.4 Å². The van der Waals surface area contributed by atoms with E-state index in [1.807, 2.05) is 25.3 Å². The zero-order valence-corrected chi connectivity index (χ0v) is 16.0. The van der Waals surface area contributed by atoms with Crippen LogP contribution in [0.5, 0.6) is 5.75 Å². The second-order valence-electron chi connectivity index (χ2n) is 7.11. The number of nitrogens with one attached hydrogen (secondary N) is 1. The highest BCUT2D eigenvalue weighted by Gasteiger charge is 2.17. The van der Waals surface area contributed by atoms with Crippen LogP contribution in [0.4, 0.5) is 0 Å². The normalized spacial score (nSPS) is 12.9. The first-order valence-corrected chi connectivity index (χ1v) is 8.59. The van der Waals surface area contributed by atoms with Crippen molar-refractivity contribution in [2.24, 2.45) is 0 Å². The van der Waals surface area contributed by atoms with Gasteiger partial charge in [0.1, 0.15) is 18.5 Å². The molecule has 0 spiro atoms. The third-order valence-electron chi connectivity index (χ3n) is 3.65. The number of aliphatic hydroxyl groups is 1. The van der Waals surface area contributed by atoms with E-state index in [0.29, 0.717) is 23.0 Å². The van der Waals surface area contributed by atoms with Gasteiger partial charge in [-0.1, -0.05) is 18.2 Å². The lowest BCUT2D eigenvalue weighted by molar-refractivity contribution is 0.0996. The van der Waals surface area contributed by atoms with Gasteiger partial charge in [-0.25, -0.2) is 4.98 Å². The van der Waals surface area contributed by atoms with Crippen LogP contribution in [0, 0.1) is 6.92 Å². The molecule has 2 N–H and O–H groups in total. The van der Waals surface area contributed by atoms with Gasteiger partial charge >= 0.3 is 0 Å². The summed E-state index contributed by atoms with van der Waals surface area (Å²) in [4.78, 5) is 4.04. The van der Waals surface area contributed by atoms with E-state index in [2.05, 4.69) is 37.7 Å². The number of aryl methyl sites for hydroxylation is 1. The summed E-state index contributed by atoms with van der Waals surface area (Å²) in [5, 5.41) is 14.0. The molecule has 0 aliphatic heterocycles. The number of nitrogens with zero attached hydrogens (tertiary/aromatic N) is 2. The highest BCUT2D eigenvalue weighted by Crippen LogP contribution is 2.33. The van der Waals surface area contributed by atoms with Crippen LogP contribution in [0.3, 0.4) is 0 Å². The molecule has 0 aliphatic rings. The lowest BCUT2D eigenvalue weighted by Gasteiger charge is -2.24. The molecule has 1 atom stereocenters. The van der Waals surface area contributed by atoms with Crippen LogP contribution in [0.1, 0.15) is 31.9 Å². The maximum atomic E-state index is 10.2. The minimum Gasteiger partial charge on any atom is -0.490 e. The minimum atomic E-state index is -0.622. The molecule has 1 aromatic carbocycles. The summed E-state index contributed by atoms with van der Waals surface area (Å²) >= 11 is 6.21. The number of aromatic nitrogens is 2. The fourth-order valence-corrected chi connectivity index (χ4v) is 2.63. The predicted molar refractivity (Wildman–Crippen MR) is 102 cm³/mol. The van der Waals surface area contributed by atoms with E-state index in [4.69, 9.17) is 16.3 Å². The first-order chi connectivity index (χ1) is 11.7. The molecule has 2 rings (SSSR count). The quantitative estimate of drug-likeness (QED) is 0.790. The van der Waals surface area contributed by atoms with Crippen LogP contribution in [-0.2, 0) is 0 Å². The fourth-order valence-electron chi connectivity index (χ4n) is 2.36. The first kappa shape index (κ1) is 19.5. The maximum absolute atomic E-state index is 10.2. The van der Waals surface area contributed by atoms with E-state index < -0.39 is 6.10 Å². The molecule has 25 heavy (non-hydrogen) atoms. The standard InChI is InChI=1S/C19H26ClN3O2/c1-13-8-15(20)9-17(14(2)23-7-6-21-12-23)18(13)25-11-16(24)10-22-19(3,4)5/h6-9,12,16,22,24H,2,10-11H2,1,3-5H3. The number of benzene rings is 1. The van der Waals surface area contributed by atoms with Crippen molar-refractivity contribution in [2.45, 2.75) is 39.3 Å². The summed E-state index contributed by atoms with van der Waals surface area (Å²) in [5.41, 5.74) is 2.32. The van der Waals surface area contributed by atoms with Gasteiger partial charge in [0.15, 0.2) is 0 Å². The number of hydrogen-bond donors (Lipinski definition) is 2. The van der Waals surface area contributed by atoms with Gasteiger partial charge in [0.25, 0.3) is 0 Å². The molecule has 0 fully saturated rings. The lowest BCUT2D eigenvalue weighted by atomic mass is 10.1. The number of ether oxygens (including phenoxy) is 1. The minimum absolute atomic E-state index is 0.0575. The van der Waals surface area contributed by atoms with E-state index in [1.54, 1.807) is 17.1 Å². The van der Waals surface area contributed by atoms with Crippen molar-refractivity contribution in [3.63, 3.8) is 0 Å². The molecule has 5 nitrogen and oxygen atoms in total. The Balaban J connectivity index is 2.16. The smallest absolute Gasteiger partial charge is 0.131 e. The molecule has 0 aliphatic carbocycles. The van der Waals surface area contributed by atoms with Crippen molar-refractivity contribution in [1.29, 1.82) is 0 Å². The van der Waals surface area contributed by atoms with E-state index >= 15 is 0 Å². The van der Waals surface area contributed by atoms with Crippen molar-refractivity contribution < 1.29 is 9.84 Å². The van der Waals surface area contributed by atoms with E-state index in [9.17, 15) is 5.11 Å². The van der Waals surface area contributed by atoms with Crippen LogP contribution in [-0.4, -0.2) is 39.5 Å². The monoisotopic (exact) mass is 363 g/mol. The Labute approximate surface area is 154 Å². The second kappa shape index (κ2) is 8.04. The van der Waals surface area contributed by atoms with Gasteiger partial charge in [0.05, 0.1) is 12.0 Å². The van der Waals surface area contributed by atoms with Crippen LogP contribution in [0.25, 0.3) is 5.70 Å². The van der Waals surface area contributed by atoms with Crippen molar-refractivity contribution in [1.82, 2.24) is 14.9 Å². The van der Waals surface area contributed by atoms with Gasteiger partial charge in [-0.2, -0.15) is 0 Å². The zero-order chi connectivity index (χ0) is 18.6. The Kier molecular flexibility index (Phi) is 6.27. The Hall–Kier alpha value is -1.82. The van der Waals surface area contributed by atoms with Gasteiger partial charge in [0, 0.05) is 35.1 Å². The molecule has 0 amide bonds. The summed E-state index contributed by atoms with van der Waals surface area (Å²) in [6, 6.07) is 3.65. The molecule has 1 heterocycles. The average molecular weight is 364 g/mol. The van der Waals surface area contributed by atoms with Crippen LogP contribution in [0.2, 0.25) is 5.02 Å². The first-order valence-electron chi connectivity index (χ1n) is 8.21. The fraction of sp³-hybridized carbons (Fsp3) is 0.421. The zero-order valence-electron chi connectivity index (χ0n) is 15.2. The van der Waals surface area contributed by atoms with Crippen molar-refractivity contribution in [2.75, 3.05) is 13.2 Å². The molecule has 136 valence electrons. The molecule has 1 unspecified atom stereocenters. The Bertz CT molecular complexity index is 721. The van der Waals surface area contributed by atoms with Gasteiger partial charge in [0.2, 0.25) is 0 Å². The van der Waals surface area contributed by atoms with Crippen LogP contribution in [0.15, 0.2) is 37.4 Å². The summed E-state index contributed by atoms with van der Waals surface area (Å²) in [6.45, 7) is 12.8. The maximum Gasteiger partial charge on any atom is 0.131 e. The summed E-state index contributed by atoms with van der Waals surface area (Å²) < 4.78 is 7.73. The molecule has 2 aromatic rings. The molecular formula is C19H26ClN3O2. The highest BCUT2D eigenvalue weighted by molar-refractivity contribution is 6.30.